The first-order valence-electron chi connectivity index (χ1n) is 8.96. The summed E-state index contributed by atoms with van der Waals surface area (Å²) in [6, 6.07) is 3.21. The zero-order valence-corrected chi connectivity index (χ0v) is 21.9. The lowest BCUT2D eigenvalue weighted by atomic mass is 10.1. The van der Waals surface area contributed by atoms with E-state index in [4.69, 9.17) is 0 Å². The number of halogens is 2. The van der Waals surface area contributed by atoms with Crippen molar-refractivity contribution < 1.29 is 59.9 Å². The first kappa shape index (κ1) is 30.4. The molecular weight excluding hydrogens is 550 g/mol. The van der Waals surface area contributed by atoms with E-state index in [1.165, 1.54) is 0 Å². The van der Waals surface area contributed by atoms with Gasteiger partial charge >= 0.3 is 20.2 Å². The summed E-state index contributed by atoms with van der Waals surface area (Å²) in [6.07, 6.45) is 0. The van der Waals surface area contributed by atoms with E-state index in [-0.39, 0.29) is 0 Å². The predicted octanol–water partition coefficient (Wildman–Crippen LogP) is 1.81. The lowest BCUT2D eigenvalue weighted by Crippen LogP contribution is -2.56. The van der Waals surface area contributed by atoms with E-state index in [9.17, 15) is 42.8 Å². The Morgan fingerprint density at radius 3 is 1.15 bits per heavy atom. The molecule has 0 aliphatic heterocycles. The van der Waals surface area contributed by atoms with Gasteiger partial charge in [0.15, 0.2) is 0 Å². The second kappa shape index (κ2) is 8.51. The van der Waals surface area contributed by atoms with E-state index in [2.05, 4.69) is 8.37 Å². The predicted molar refractivity (Wildman–Crippen MR) is 116 cm³/mol. The van der Waals surface area contributed by atoms with Crippen LogP contribution in [-0.2, 0) is 40.5 Å². The molecule has 0 radical (unpaired) electrons. The highest BCUT2D eigenvalue weighted by Crippen LogP contribution is 2.41. The van der Waals surface area contributed by atoms with Gasteiger partial charge in [0.25, 0.3) is 30.2 Å². The lowest BCUT2D eigenvalue weighted by molar-refractivity contribution is 0.207. The van der Waals surface area contributed by atoms with Gasteiger partial charge in [-0.15, -0.1) is 0 Å². The van der Waals surface area contributed by atoms with E-state index < -0.39 is 71.5 Å². The molecule has 0 fully saturated rings. The van der Waals surface area contributed by atoms with Crippen LogP contribution in [0.3, 0.4) is 0 Å². The third kappa shape index (κ3) is 5.01. The standard InChI is InChI=1S/C16H24F2O12S4/c1-13(2,31(19,20)21)15(5,17)33(25,26)29-11-8-7-9-12(10-11)30-34(27,28)16(6,18)14(3,4)32(22,23)24/h7-10H,1-6H3,(H,19,20,21)(H,22,23,24). The van der Waals surface area contributed by atoms with Crippen molar-refractivity contribution in [3.8, 4) is 11.5 Å². The molecule has 0 amide bonds. The molecular formula is C16H24F2O12S4. The Hall–Kier alpha value is -1.60. The highest BCUT2D eigenvalue weighted by atomic mass is 32.2. The average molecular weight is 575 g/mol. The van der Waals surface area contributed by atoms with Crippen molar-refractivity contribution in [3.63, 3.8) is 0 Å². The second-order valence-corrected chi connectivity index (χ2v) is 16.0. The van der Waals surface area contributed by atoms with E-state index in [1.54, 1.807) is 0 Å². The van der Waals surface area contributed by atoms with Crippen molar-refractivity contribution in [3.05, 3.63) is 24.3 Å². The van der Waals surface area contributed by atoms with Crippen LogP contribution >= 0.6 is 0 Å². The quantitative estimate of drug-likeness (QED) is 0.304. The number of rotatable bonds is 10. The Morgan fingerprint density at radius 1 is 0.647 bits per heavy atom. The number of hydrogen-bond donors (Lipinski definition) is 2. The summed E-state index contributed by atoms with van der Waals surface area (Å²) in [7, 11) is -21.5. The van der Waals surface area contributed by atoms with Crippen LogP contribution < -0.4 is 8.37 Å². The fraction of sp³-hybridized carbons (Fsp3) is 0.625. The van der Waals surface area contributed by atoms with Crippen LogP contribution in [0.25, 0.3) is 0 Å². The van der Waals surface area contributed by atoms with Gasteiger partial charge in [0.2, 0.25) is 0 Å². The zero-order chi connectivity index (χ0) is 27.4. The normalized spacial score (nSPS) is 17.9. The summed E-state index contributed by atoms with van der Waals surface area (Å²) >= 11 is 0. The Bertz CT molecular complexity index is 1270. The molecule has 1 aromatic rings. The van der Waals surface area contributed by atoms with Crippen molar-refractivity contribution in [2.75, 3.05) is 0 Å². The van der Waals surface area contributed by atoms with Crippen LogP contribution in [0.15, 0.2) is 24.3 Å². The molecule has 0 saturated heterocycles. The topological polar surface area (TPSA) is 195 Å². The molecule has 0 saturated carbocycles. The van der Waals surface area contributed by atoms with Crippen LogP contribution in [0.5, 0.6) is 11.5 Å². The lowest BCUT2D eigenvalue weighted by Gasteiger charge is -2.33. The first-order chi connectivity index (χ1) is 14.7. The van der Waals surface area contributed by atoms with Crippen LogP contribution in [-0.4, -0.2) is 62.3 Å². The molecule has 2 N–H and O–H groups in total. The summed E-state index contributed by atoms with van der Waals surface area (Å²) < 4.78 is 147. The fourth-order valence-electron chi connectivity index (χ4n) is 2.05. The molecule has 2 atom stereocenters. The molecule has 0 spiro atoms. The monoisotopic (exact) mass is 574 g/mol. The van der Waals surface area contributed by atoms with E-state index >= 15 is 8.78 Å². The minimum absolute atomic E-state index is 0.312. The summed E-state index contributed by atoms with van der Waals surface area (Å²) in [6.45, 7) is 2.94. The molecule has 198 valence electrons. The number of benzene rings is 1. The summed E-state index contributed by atoms with van der Waals surface area (Å²) in [5.41, 5.74) is 0. The molecule has 1 aromatic carbocycles. The molecule has 0 aliphatic carbocycles. The van der Waals surface area contributed by atoms with E-state index in [0.29, 0.717) is 47.6 Å². The van der Waals surface area contributed by atoms with Crippen LogP contribution in [0.1, 0.15) is 41.5 Å². The van der Waals surface area contributed by atoms with Gasteiger partial charge in [-0.05, 0) is 53.7 Å². The Balaban J connectivity index is 3.41. The van der Waals surface area contributed by atoms with Crippen LogP contribution in [0.4, 0.5) is 8.78 Å². The van der Waals surface area contributed by atoms with Crippen molar-refractivity contribution in [1.82, 2.24) is 0 Å². The van der Waals surface area contributed by atoms with Crippen molar-refractivity contribution in [2.24, 2.45) is 0 Å². The van der Waals surface area contributed by atoms with Gasteiger partial charge in [-0.1, -0.05) is 6.07 Å². The van der Waals surface area contributed by atoms with Gasteiger partial charge in [0, 0.05) is 6.07 Å². The van der Waals surface area contributed by atoms with Gasteiger partial charge in [-0.2, -0.15) is 33.7 Å². The van der Waals surface area contributed by atoms with E-state index in [0.717, 1.165) is 18.2 Å². The molecule has 18 heteroatoms. The van der Waals surface area contributed by atoms with Gasteiger partial charge < -0.3 is 8.37 Å². The third-order valence-corrected chi connectivity index (χ3v) is 12.9. The first-order valence-corrected chi connectivity index (χ1v) is 14.7. The van der Waals surface area contributed by atoms with Crippen LogP contribution in [0.2, 0.25) is 0 Å². The average Bonchev–Trinajstić information content (AvgIpc) is 2.58. The third-order valence-electron chi connectivity index (χ3n) is 5.60. The Labute approximate surface area is 197 Å². The largest absolute Gasteiger partial charge is 0.380 e. The molecule has 1 rings (SSSR count). The van der Waals surface area contributed by atoms with Gasteiger partial charge in [-0.25, -0.2) is 8.78 Å². The van der Waals surface area contributed by atoms with Crippen molar-refractivity contribution in [1.29, 1.82) is 0 Å². The minimum atomic E-state index is -5.48. The Morgan fingerprint density at radius 2 is 0.912 bits per heavy atom. The summed E-state index contributed by atoms with van der Waals surface area (Å²) in [5.74, 6) is -1.62. The van der Waals surface area contributed by atoms with Crippen molar-refractivity contribution >= 4 is 40.5 Å². The maximum Gasteiger partial charge on any atom is 0.346 e. The molecule has 0 heterocycles. The van der Waals surface area contributed by atoms with Crippen molar-refractivity contribution in [2.45, 2.75) is 61.0 Å². The van der Waals surface area contributed by atoms with Gasteiger partial charge in [0.1, 0.15) is 21.0 Å². The Kier molecular flexibility index (Phi) is 7.62. The highest BCUT2D eigenvalue weighted by Gasteiger charge is 2.62. The van der Waals surface area contributed by atoms with Gasteiger partial charge in [0.05, 0.1) is 0 Å². The maximum absolute atomic E-state index is 15.1. The van der Waals surface area contributed by atoms with E-state index in [1.807, 2.05) is 0 Å². The summed E-state index contributed by atoms with van der Waals surface area (Å²) in [5, 5.41) is -7.46. The smallest absolute Gasteiger partial charge is 0.346 e. The molecule has 0 aliphatic rings. The zero-order valence-electron chi connectivity index (χ0n) is 18.7. The molecule has 12 nitrogen and oxygen atoms in total. The molecule has 0 aromatic heterocycles. The second-order valence-electron chi connectivity index (χ2n) is 8.35. The van der Waals surface area contributed by atoms with Gasteiger partial charge in [-0.3, -0.25) is 9.11 Å². The fourth-order valence-corrected chi connectivity index (χ4v) is 6.45. The SMILES string of the molecule is CC(C)(C(C)(F)S(=O)(=O)Oc1cccc(OS(=O)(=O)C(C)(F)C(C)(C)S(=O)(=O)O)c1)S(=O)(=O)O. The molecule has 2 unspecified atom stereocenters. The maximum atomic E-state index is 15.1. The summed E-state index contributed by atoms with van der Waals surface area (Å²) in [4.78, 5) is 0. The minimum Gasteiger partial charge on any atom is -0.380 e. The number of alkyl halides is 2. The number of hydrogen-bond acceptors (Lipinski definition) is 10. The highest BCUT2D eigenvalue weighted by molar-refractivity contribution is 7.92. The molecule has 34 heavy (non-hydrogen) atoms. The molecule has 0 bridgehead atoms. The van der Waals surface area contributed by atoms with Crippen LogP contribution in [0, 0.1) is 0 Å².